The van der Waals surface area contributed by atoms with Crippen LogP contribution in [-0.4, -0.2) is 9.55 Å². The fraction of sp³-hybridized carbons (Fsp3) is 0. The lowest BCUT2D eigenvalue weighted by atomic mass is 10.1. The van der Waals surface area contributed by atoms with Gasteiger partial charge in [0.05, 0.1) is 5.52 Å². The molecule has 0 spiro atoms. The number of fused-ring (bicyclic) bond motifs is 1. The molecule has 0 N–H and O–H groups in total. The van der Waals surface area contributed by atoms with E-state index in [4.69, 9.17) is 0 Å². The van der Waals surface area contributed by atoms with E-state index < -0.39 is 0 Å². The topological polar surface area (TPSA) is 21.1 Å². The van der Waals surface area contributed by atoms with Gasteiger partial charge in [-0.3, -0.25) is 0 Å². The second-order valence-electron chi connectivity index (χ2n) is 6.62. The van der Waals surface area contributed by atoms with Crippen LogP contribution in [0.1, 0.15) is 0 Å². The summed E-state index contributed by atoms with van der Waals surface area (Å²) >= 11 is 0. The number of para-hydroxylation sites is 2. The van der Waals surface area contributed by atoms with Crippen LogP contribution in [0.15, 0.2) is 116 Å². The monoisotopic (exact) mass is 361 g/mol. The van der Waals surface area contributed by atoms with Crippen LogP contribution in [-0.2, 0) is 0 Å². The normalized spacial score (nSPS) is 10.9. The molecule has 2 heterocycles. The molecule has 2 aromatic heterocycles. The summed E-state index contributed by atoms with van der Waals surface area (Å²) in [5.74, 6) is 0.924. The molecule has 0 aliphatic rings. The molecule has 0 amide bonds. The molecule has 0 radical (unpaired) electrons. The van der Waals surface area contributed by atoms with Crippen molar-refractivity contribution in [2.75, 3.05) is 4.90 Å². The van der Waals surface area contributed by atoms with E-state index in [0.29, 0.717) is 0 Å². The Bertz CT molecular complexity index is 1160. The van der Waals surface area contributed by atoms with Crippen molar-refractivity contribution in [3.63, 3.8) is 0 Å². The average Bonchev–Trinajstić information content (AvgIpc) is 3.19. The summed E-state index contributed by atoms with van der Waals surface area (Å²) in [6.07, 6.45) is 3.90. The highest BCUT2D eigenvalue weighted by Crippen LogP contribution is 2.36. The molecular weight excluding hydrogens is 342 g/mol. The van der Waals surface area contributed by atoms with Crippen molar-refractivity contribution in [2.24, 2.45) is 0 Å². The van der Waals surface area contributed by atoms with Crippen molar-refractivity contribution in [1.82, 2.24) is 9.55 Å². The molecule has 0 atom stereocenters. The first-order valence-corrected chi connectivity index (χ1v) is 9.33. The van der Waals surface area contributed by atoms with Gasteiger partial charge in [-0.2, -0.15) is 0 Å². The van der Waals surface area contributed by atoms with E-state index in [0.717, 1.165) is 28.4 Å². The summed E-state index contributed by atoms with van der Waals surface area (Å²) in [6, 6.07) is 35.6. The van der Waals surface area contributed by atoms with E-state index in [-0.39, 0.29) is 0 Å². The van der Waals surface area contributed by atoms with Gasteiger partial charge in [-0.05, 0) is 60.7 Å². The zero-order chi connectivity index (χ0) is 18.8. The van der Waals surface area contributed by atoms with Crippen molar-refractivity contribution in [3.05, 3.63) is 116 Å². The summed E-state index contributed by atoms with van der Waals surface area (Å²) in [4.78, 5) is 6.75. The minimum absolute atomic E-state index is 0.924. The molecule has 0 saturated carbocycles. The highest BCUT2D eigenvalue weighted by Gasteiger charge is 2.13. The molecule has 28 heavy (non-hydrogen) atoms. The molecule has 134 valence electrons. The minimum Gasteiger partial charge on any atom is -0.310 e. The highest BCUT2D eigenvalue weighted by atomic mass is 15.1. The fourth-order valence-corrected chi connectivity index (χ4v) is 3.57. The maximum Gasteiger partial charge on any atom is 0.137 e. The average molecular weight is 361 g/mol. The van der Waals surface area contributed by atoms with Crippen molar-refractivity contribution < 1.29 is 0 Å². The predicted molar refractivity (Wildman–Crippen MR) is 116 cm³/mol. The van der Waals surface area contributed by atoms with Crippen LogP contribution in [0, 0.1) is 0 Å². The van der Waals surface area contributed by atoms with Crippen molar-refractivity contribution in [2.45, 2.75) is 0 Å². The van der Waals surface area contributed by atoms with Gasteiger partial charge in [0.15, 0.2) is 0 Å². The second kappa shape index (κ2) is 7.05. The Morgan fingerprint density at radius 2 is 1.29 bits per heavy atom. The van der Waals surface area contributed by atoms with Crippen LogP contribution in [0.5, 0.6) is 0 Å². The van der Waals surface area contributed by atoms with Gasteiger partial charge in [0, 0.05) is 34.8 Å². The summed E-state index contributed by atoms with van der Waals surface area (Å²) < 4.78 is 2.12. The van der Waals surface area contributed by atoms with Crippen LogP contribution in [0.3, 0.4) is 0 Å². The lowest BCUT2D eigenvalue weighted by molar-refractivity contribution is 1.04. The van der Waals surface area contributed by atoms with E-state index in [1.165, 1.54) is 5.39 Å². The zero-order valence-corrected chi connectivity index (χ0v) is 15.3. The number of benzene rings is 3. The molecule has 0 unspecified atom stereocenters. The third kappa shape index (κ3) is 2.93. The molecule has 0 bridgehead atoms. The van der Waals surface area contributed by atoms with Crippen LogP contribution in [0.2, 0.25) is 0 Å². The third-order valence-electron chi connectivity index (χ3n) is 4.86. The van der Waals surface area contributed by atoms with Crippen LogP contribution in [0.4, 0.5) is 17.1 Å². The van der Waals surface area contributed by atoms with E-state index in [1.54, 1.807) is 0 Å². The molecule has 0 aliphatic heterocycles. The van der Waals surface area contributed by atoms with Gasteiger partial charge in [-0.15, -0.1) is 0 Å². The molecule has 3 aromatic carbocycles. The predicted octanol–water partition coefficient (Wildman–Crippen LogP) is 6.50. The van der Waals surface area contributed by atoms with Crippen molar-refractivity contribution >= 4 is 28.0 Å². The molecule has 0 fully saturated rings. The first-order chi connectivity index (χ1) is 13.9. The van der Waals surface area contributed by atoms with E-state index >= 15 is 0 Å². The van der Waals surface area contributed by atoms with Crippen LogP contribution in [0.25, 0.3) is 16.7 Å². The van der Waals surface area contributed by atoms with Gasteiger partial charge in [0.2, 0.25) is 0 Å². The maximum absolute atomic E-state index is 4.48. The molecule has 3 heteroatoms. The number of hydrogen-bond acceptors (Lipinski definition) is 2. The molecule has 5 rings (SSSR count). The Hall–Kier alpha value is -3.85. The second-order valence-corrected chi connectivity index (χ2v) is 6.62. The Kier molecular flexibility index (Phi) is 4.11. The summed E-state index contributed by atoms with van der Waals surface area (Å²) in [6.45, 7) is 0. The first kappa shape index (κ1) is 16.3. The highest BCUT2D eigenvalue weighted by molar-refractivity contribution is 5.88. The zero-order valence-electron chi connectivity index (χ0n) is 15.3. The maximum atomic E-state index is 4.48. The number of aromatic nitrogens is 2. The number of pyridine rings is 1. The Morgan fingerprint density at radius 3 is 1.93 bits per heavy atom. The molecule has 0 aliphatic carbocycles. The summed E-state index contributed by atoms with van der Waals surface area (Å²) in [7, 11) is 0. The third-order valence-corrected chi connectivity index (χ3v) is 4.86. The van der Waals surface area contributed by atoms with E-state index in [1.807, 2.05) is 36.5 Å². The van der Waals surface area contributed by atoms with E-state index in [2.05, 4.69) is 93.4 Å². The lowest BCUT2D eigenvalue weighted by Crippen LogP contribution is -2.09. The van der Waals surface area contributed by atoms with Crippen molar-refractivity contribution in [3.8, 4) is 5.82 Å². The van der Waals surface area contributed by atoms with Crippen LogP contribution < -0.4 is 4.90 Å². The number of hydrogen-bond donors (Lipinski definition) is 0. The fourth-order valence-electron chi connectivity index (χ4n) is 3.57. The van der Waals surface area contributed by atoms with Gasteiger partial charge in [0.1, 0.15) is 5.82 Å². The van der Waals surface area contributed by atoms with Gasteiger partial charge < -0.3 is 9.47 Å². The molecule has 3 nitrogen and oxygen atoms in total. The molecule has 5 aromatic rings. The van der Waals surface area contributed by atoms with E-state index in [9.17, 15) is 0 Å². The van der Waals surface area contributed by atoms with Gasteiger partial charge in [0.25, 0.3) is 0 Å². The Balaban J connectivity index is 1.64. The number of nitrogens with zero attached hydrogens (tertiary/aromatic N) is 3. The quantitative estimate of drug-likeness (QED) is 0.364. The van der Waals surface area contributed by atoms with Crippen molar-refractivity contribution in [1.29, 1.82) is 0 Å². The Labute approximate surface area is 164 Å². The summed E-state index contributed by atoms with van der Waals surface area (Å²) in [5, 5.41) is 1.18. The SMILES string of the molecule is c1ccc(N(c2ccccc2)c2ccc3c(ccn3-c3ccccn3)c2)cc1. The van der Waals surface area contributed by atoms with Crippen LogP contribution >= 0.6 is 0 Å². The minimum atomic E-state index is 0.924. The van der Waals surface area contributed by atoms with Gasteiger partial charge in [-0.25, -0.2) is 4.98 Å². The number of rotatable bonds is 4. The smallest absolute Gasteiger partial charge is 0.137 e. The standard InChI is InChI=1S/C25H19N3/c1-3-9-21(10-4-1)28(22-11-5-2-6-12-22)23-14-15-24-20(19-23)16-18-27(24)25-13-7-8-17-26-25/h1-19H. The summed E-state index contributed by atoms with van der Waals surface area (Å²) in [5.41, 5.74) is 4.54. The lowest BCUT2D eigenvalue weighted by Gasteiger charge is -2.25. The number of anilines is 3. The first-order valence-electron chi connectivity index (χ1n) is 9.33. The Morgan fingerprint density at radius 1 is 0.607 bits per heavy atom. The largest absolute Gasteiger partial charge is 0.310 e. The van der Waals surface area contributed by atoms with Gasteiger partial charge in [-0.1, -0.05) is 42.5 Å². The van der Waals surface area contributed by atoms with Gasteiger partial charge >= 0.3 is 0 Å². The molecular formula is C25H19N3. The molecule has 0 saturated heterocycles.